The molecule has 0 unspecified atom stereocenters. The molecule has 0 saturated carbocycles. The van der Waals surface area contributed by atoms with Crippen LogP contribution in [0.5, 0.6) is 0 Å². The van der Waals surface area contributed by atoms with Crippen LogP contribution in [-0.4, -0.2) is 12.7 Å². The third-order valence-electron chi connectivity index (χ3n) is 1.41. The highest BCUT2D eigenvalue weighted by Gasteiger charge is 2.01. The number of carbonyl (C=O) groups excluding carboxylic acids is 1. The van der Waals surface area contributed by atoms with E-state index in [1.807, 2.05) is 17.5 Å². The zero-order valence-corrected chi connectivity index (χ0v) is 8.69. The summed E-state index contributed by atoms with van der Waals surface area (Å²) in [6.45, 7) is 5.85. The van der Waals surface area contributed by atoms with E-state index >= 15 is 0 Å². The van der Waals surface area contributed by atoms with Gasteiger partial charge in [-0.15, -0.1) is 11.3 Å². The molecule has 1 amide bonds. The molecule has 0 atom stereocenters. The molecule has 1 rings (SSSR count). The van der Waals surface area contributed by atoms with Crippen molar-refractivity contribution >= 4 is 23.1 Å². The van der Waals surface area contributed by atoms with E-state index in [4.69, 9.17) is 0 Å². The third kappa shape index (κ3) is 3.10. The first kappa shape index (κ1) is 10.6. The van der Waals surface area contributed by atoms with Crippen molar-refractivity contribution in [2.24, 2.45) is 0 Å². The summed E-state index contributed by atoms with van der Waals surface area (Å²) in [7, 11) is 0. The molecule has 0 radical (unpaired) electrons. The lowest BCUT2D eigenvalue weighted by Crippen LogP contribution is -2.36. The minimum absolute atomic E-state index is 0.346. The number of carbonyl (C=O) groups is 1. The van der Waals surface area contributed by atoms with Gasteiger partial charge in [0.05, 0.1) is 17.2 Å². The van der Waals surface area contributed by atoms with E-state index in [0.29, 0.717) is 12.3 Å². The van der Waals surface area contributed by atoms with E-state index in [-0.39, 0.29) is 0 Å². The minimum atomic E-state index is -0.509. The third-order valence-corrected chi connectivity index (χ3v) is 2.34. The van der Waals surface area contributed by atoms with Crippen LogP contribution in [0.2, 0.25) is 0 Å². The Balaban J connectivity index is 2.32. The Labute approximate surface area is 86.6 Å². The van der Waals surface area contributed by atoms with Crippen LogP contribution in [0.1, 0.15) is 11.8 Å². The van der Waals surface area contributed by atoms with Gasteiger partial charge in [0.25, 0.3) is 0 Å². The Morgan fingerprint density at radius 3 is 3.00 bits per heavy atom. The number of thiophene rings is 1. The Morgan fingerprint density at radius 1 is 1.64 bits per heavy atom. The van der Waals surface area contributed by atoms with Crippen molar-refractivity contribution in [1.82, 2.24) is 10.9 Å². The molecule has 0 bridgehead atoms. The number of amides is 1. The monoisotopic (exact) mass is 212 g/mol. The standard InChI is InChI=1S/C9H12N2O2S/c1-3-13-9(12)11-10-7(2)8-5-4-6-14-8/h4-6,10H,2-3H2,1H3,(H,11,12). The highest BCUT2D eigenvalue weighted by atomic mass is 32.1. The Morgan fingerprint density at radius 2 is 2.43 bits per heavy atom. The van der Waals surface area contributed by atoms with E-state index < -0.39 is 6.09 Å². The minimum Gasteiger partial charge on any atom is -0.449 e. The maximum absolute atomic E-state index is 10.9. The predicted octanol–water partition coefficient (Wildman–Crippen LogP) is 1.97. The molecule has 0 aliphatic heterocycles. The van der Waals surface area contributed by atoms with Crippen LogP contribution in [0.4, 0.5) is 4.79 Å². The van der Waals surface area contributed by atoms with Gasteiger partial charge in [-0.1, -0.05) is 12.6 Å². The van der Waals surface area contributed by atoms with Gasteiger partial charge in [0.1, 0.15) is 0 Å². The fourth-order valence-electron chi connectivity index (χ4n) is 0.806. The van der Waals surface area contributed by atoms with Gasteiger partial charge in [-0.25, -0.2) is 10.2 Å². The summed E-state index contributed by atoms with van der Waals surface area (Å²) in [5.74, 6) is 0. The molecule has 14 heavy (non-hydrogen) atoms. The van der Waals surface area contributed by atoms with E-state index in [0.717, 1.165) is 4.88 Å². The van der Waals surface area contributed by atoms with Gasteiger partial charge in [-0.05, 0) is 18.4 Å². The normalized spacial score (nSPS) is 9.21. The molecule has 4 nitrogen and oxygen atoms in total. The molecule has 76 valence electrons. The van der Waals surface area contributed by atoms with E-state index in [1.54, 1.807) is 18.3 Å². The van der Waals surface area contributed by atoms with Crippen molar-refractivity contribution < 1.29 is 9.53 Å². The van der Waals surface area contributed by atoms with Crippen molar-refractivity contribution in [3.63, 3.8) is 0 Å². The summed E-state index contributed by atoms with van der Waals surface area (Å²) in [5, 5.41) is 1.94. The molecular weight excluding hydrogens is 200 g/mol. The summed E-state index contributed by atoms with van der Waals surface area (Å²) in [5.41, 5.74) is 5.67. The highest BCUT2D eigenvalue weighted by molar-refractivity contribution is 7.11. The summed E-state index contributed by atoms with van der Waals surface area (Å²) >= 11 is 1.54. The van der Waals surface area contributed by atoms with Gasteiger partial charge >= 0.3 is 6.09 Å². The smallest absolute Gasteiger partial charge is 0.425 e. The molecule has 5 heteroatoms. The molecular formula is C9H12N2O2S. The molecule has 0 fully saturated rings. The number of rotatable bonds is 4. The van der Waals surface area contributed by atoms with Crippen molar-refractivity contribution in [3.8, 4) is 0 Å². The van der Waals surface area contributed by atoms with Crippen LogP contribution < -0.4 is 10.9 Å². The first-order valence-corrected chi connectivity index (χ1v) is 5.03. The predicted molar refractivity (Wildman–Crippen MR) is 56.6 cm³/mol. The second-order valence-corrected chi connectivity index (χ2v) is 3.37. The quantitative estimate of drug-likeness (QED) is 0.750. The fourth-order valence-corrected chi connectivity index (χ4v) is 1.46. The Kier molecular flexibility index (Phi) is 4.00. The fraction of sp³-hybridized carbons (Fsp3) is 0.222. The Hall–Kier alpha value is -1.49. The van der Waals surface area contributed by atoms with Crippen molar-refractivity contribution in [2.75, 3.05) is 6.61 Å². The molecule has 1 aromatic heterocycles. The van der Waals surface area contributed by atoms with Crippen LogP contribution in [-0.2, 0) is 4.74 Å². The SMILES string of the molecule is C=C(NNC(=O)OCC)c1cccs1. The topological polar surface area (TPSA) is 50.4 Å². The zero-order chi connectivity index (χ0) is 10.4. The van der Waals surface area contributed by atoms with Gasteiger partial charge in [0, 0.05) is 0 Å². The van der Waals surface area contributed by atoms with Crippen molar-refractivity contribution in [1.29, 1.82) is 0 Å². The summed E-state index contributed by atoms with van der Waals surface area (Å²) in [6.07, 6.45) is -0.509. The van der Waals surface area contributed by atoms with Gasteiger partial charge in [-0.3, -0.25) is 5.43 Å². The second-order valence-electron chi connectivity index (χ2n) is 2.43. The van der Waals surface area contributed by atoms with Crippen LogP contribution >= 0.6 is 11.3 Å². The lowest BCUT2D eigenvalue weighted by Gasteiger charge is -2.08. The van der Waals surface area contributed by atoms with Crippen LogP contribution in [0.3, 0.4) is 0 Å². The summed E-state index contributed by atoms with van der Waals surface area (Å²) in [6, 6.07) is 3.82. The molecule has 0 spiro atoms. The number of hydrogen-bond donors (Lipinski definition) is 2. The van der Waals surface area contributed by atoms with E-state index in [1.165, 1.54) is 0 Å². The van der Waals surface area contributed by atoms with Crippen molar-refractivity contribution in [2.45, 2.75) is 6.92 Å². The van der Waals surface area contributed by atoms with Gasteiger partial charge in [0.15, 0.2) is 0 Å². The number of nitrogens with one attached hydrogen (secondary N) is 2. The largest absolute Gasteiger partial charge is 0.449 e. The van der Waals surface area contributed by atoms with Gasteiger partial charge in [0.2, 0.25) is 0 Å². The van der Waals surface area contributed by atoms with Crippen LogP contribution in [0.15, 0.2) is 24.1 Å². The first-order valence-electron chi connectivity index (χ1n) is 4.15. The van der Waals surface area contributed by atoms with Gasteiger partial charge in [-0.2, -0.15) is 0 Å². The maximum Gasteiger partial charge on any atom is 0.425 e. The molecule has 0 aromatic carbocycles. The molecule has 2 N–H and O–H groups in total. The number of ether oxygens (including phenoxy) is 1. The van der Waals surface area contributed by atoms with E-state index in [2.05, 4.69) is 22.2 Å². The lowest BCUT2D eigenvalue weighted by molar-refractivity contribution is 0.149. The van der Waals surface area contributed by atoms with Crippen molar-refractivity contribution in [3.05, 3.63) is 29.0 Å². The summed E-state index contributed by atoms with van der Waals surface area (Å²) < 4.78 is 4.66. The van der Waals surface area contributed by atoms with Crippen LogP contribution in [0.25, 0.3) is 5.70 Å². The second kappa shape index (κ2) is 5.29. The highest BCUT2D eigenvalue weighted by Crippen LogP contribution is 2.14. The average Bonchev–Trinajstić information content (AvgIpc) is 2.67. The molecule has 1 aromatic rings. The average molecular weight is 212 g/mol. The first-order chi connectivity index (χ1) is 6.74. The molecule has 0 saturated heterocycles. The van der Waals surface area contributed by atoms with E-state index in [9.17, 15) is 4.79 Å². The maximum atomic E-state index is 10.9. The number of hydrogen-bond acceptors (Lipinski definition) is 4. The van der Waals surface area contributed by atoms with Gasteiger partial charge < -0.3 is 4.74 Å². The molecule has 0 aliphatic carbocycles. The lowest BCUT2D eigenvalue weighted by atomic mass is 10.4. The summed E-state index contributed by atoms with van der Waals surface area (Å²) in [4.78, 5) is 11.9. The Bertz CT molecular complexity index is 309. The molecule has 1 heterocycles. The molecule has 0 aliphatic rings. The van der Waals surface area contributed by atoms with Crippen LogP contribution in [0, 0.1) is 0 Å². The number of hydrazine groups is 1. The zero-order valence-electron chi connectivity index (χ0n) is 7.87.